The molecule has 20 heavy (non-hydrogen) atoms. The maximum absolute atomic E-state index is 13.4. The maximum atomic E-state index is 13.4. The normalized spacial score (nSPS) is 14.3. The summed E-state index contributed by atoms with van der Waals surface area (Å²) in [5.74, 6) is -2.09. The van der Waals surface area contributed by atoms with Crippen molar-refractivity contribution in [2.45, 2.75) is 38.3 Å². The minimum Gasteiger partial charge on any atom is -0.403 e. The van der Waals surface area contributed by atoms with Crippen molar-refractivity contribution in [1.82, 2.24) is 0 Å². The van der Waals surface area contributed by atoms with Crippen LogP contribution in [0, 0.1) is 5.82 Å². The maximum Gasteiger partial charge on any atom is 0.573 e. The predicted molar refractivity (Wildman–Crippen MR) is 68.2 cm³/mol. The van der Waals surface area contributed by atoms with Gasteiger partial charge in [-0.05, 0) is 24.1 Å². The Morgan fingerprint density at radius 2 is 1.95 bits per heavy atom. The van der Waals surface area contributed by atoms with Gasteiger partial charge in [-0.2, -0.15) is 0 Å². The lowest BCUT2D eigenvalue weighted by Gasteiger charge is -2.19. The predicted octanol–water partition coefficient (Wildman–Crippen LogP) is 3.31. The summed E-state index contributed by atoms with van der Waals surface area (Å²) in [7, 11) is 0. The van der Waals surface area contributed by atoms with E-state index in [0.717, 1.165) is 12.1 Å². The van der Waals surface area contributed by atoms with Crippen LogP contribution >= 0.6 is 12.4 Å². The molecular formula is C12H16ClF4NO2. The van der Waals surface area contributed by atoms with E-state index in [1.54, 1.807) is 0 Å². The number of aliphatic hydroxyl groups excluding tert-OH is 1. The van der Waals surface area contributed by atoms with Gasteiger partial charge in [-0.1, -0.05) is 19.4 Å². The quantitative estimate of drug-likeness (QED) is 0.819. The van der Waals surface area contributed by atoms with Gasteiger partial charge in [0.15, 0.2) is 11.6 Å². The molecule has 0 saturated carbocycles. The highest BCUT2D eigenvalue weighted by Gasteiger charge is 2.32. The molecule has 0 heterocycles. The van der Waals surface area contributed by atoms with E-state index in [-0.39, 0.29) is 18.0 Å². The molecule has 0 aromatic heterocycles. The summed E-state index contributed by atoms with van der Waals surface area (Å²) in [6, 6.07) is 2.03. The second-order valence-electron chi connectivity index (χ2n) is 4.12. The molecule has 0 unspecified atom stereocenters. The Kier molecular flexibility index (Phi) is 7.26. The Labute approximate surface area is 120 Å². The lowest BCUT2D eigenvalue weighted by molar-refractivity contribution is -0.275. The first-order valence-electron chi connectivity index (χ1n) is 5.73. The third-order valence-electron chi connectivity index (χ3n) is 2.57. The molecule has 0 bridgehead atoms. The SMILES string of the molecule is CCC[C@H](O)[C@H](N)c1ccc(OC(F)(F)F)c(F)c1.Cl. The molecule has 3 nitrogen and oxygen atoms in total. The van der Waals surface area contributed by atoms with Gasteiger partial charge < -0.3 is 15.6 Å². The zero-order valence-corrected chi connectivity index (χ0v) is 11.5. The standard InChI is InChI=1S/C12H15F4NO2.ClH/c1-2-3-9(18)11(17)7-4-5-10(8(13)6-7)19-12(14,15)16;/h4-6,9,11,18H,2-3,17H2,1H3;1H/t9-,11+;/m0./s1. The highest BCUT2D eigenvalue weighted by atomic mass is 35.5. The molecule has 1 aromatic rings. The molecule has 0 amide bonds. The number of rotatable bonds is 5. The third-order valence-corrected chi connectivity index (χ3v) is 2.57. The number of hydrogen-bond donors (Lipinski definition) is 2. The molecule has 1 aromatic carbocycles. The molecule has 0 aliphatic carbocycles. The van der Waals surface area contributed by atoms with Crippen molar-refractivity contribution in [2.24, 2.45) is 5.73 Å². The number of alkyl halides is 3. The van der Waals surface area contributed by atoms with Gasteiger partial charge in [-0.3, -0.25) is 0 Å². The van der Waals surface area contributed by atoms with E-state index in [1.807, 2.05) is 6.92 Å². The van der Waals surface area contributed by atoms with Crippen LogP contribution in [-0.2, 0) is 0 Å². The van der Waals surface area contributed by atoms with Crippen LogP contribution in [0.1, 0.15) is 31.4 Å². The van der Waals surface area contributed by atoms with E-state index < -0.39 is 30.1 Å². The second-order valence-corrected chi connectivity index (χ2v) is 4.12. The van der Waals surface area contributed by atoms with Crippen LogP contribution in [0.5, 0.6) is 5.75 Å². The van der Waals surface area contributed by atoms with E-state index in [1.165, 1.54) is 6.07 Å². The summed E-state index contributed by atoms with van der Waals surface area (Å²) in [6.45, 7) is 1.84. The van der Waals surface area contributed by atoms with E-state index in [2.05, 4.69) is 4.74 Å². The number of ether oxygens (including phenoxy) is 1. The van der Waals surface area contributed by atoms with Crippen molar-refractivity contribution in [3.8, 4) is 5.75 Å². The first-order valence-corrected chi connectivity index (χ1v) is 5.73. The Morgan fingerprint density at radius 1 is 1.35 bits per heavy atom. The fraction of sp³-hybridized carbons (Fsp3) is 0.500. The molecule has 0 aliphatic rings. The number of benzene rings is 1. The highest BCUT2D eigenvalue weighted by Crippen LogP contribution is 2.28. The van der Waals surface area contributed by atoms with Crippen LogP contribution in [0.3, 0.4) is 0 Å². The summed E-state index contributed by atoms with van der Waals surface area (Å²) in [5, 5.41) is 9.66. The highest BCUT2D eigenvalue weighted by molar-refractivity contribution is 5.85. The molecule has 1 rings (SSSR count). The third kappa shape index (κ3) is 5.52. The number of aliphatic hydroxyl groups is 1. The van der Waals surface area contributed by atoms with E-state index >= 15 is 0 Å². The first-order chi connectivity index (χ1) is 8.74. The van der Waals surface area contributed by atoms with Crippen LogP contribution in [0.25, 0.3) is 0 Å². The second kappa shape index (κ2) is 7.66. The summed E-state index contributed by atoms with van der Waals surface area (Å²) in [4.78, 5) is 0. The van der Waals surface area contributed by atoms with Crippen molar-refractivity contribution in [2.75, 3.05) is 0 Å². The van der Waals surface area contributed by atoms with Crippen molar-refractivity contribution in [1.29, 1.82) is 0 Å². The van der Waals surface area contributed by atoms with Crippen LogP contribution in [-0.4, -0.2) is 17.6 Å². The Balaban J connectivity index is 0.00000361. The average Bonchev–Trinajstić information content (AvgIpc) is 2.29. The zero-order valence-electron chi connectivity index (χ0n) is 10.7. The van der Waals surface area contributed by atoms with E-state index in [0.29, 0.717) is 12.8 Å². The van der Waals surface area contributed by atoms with Gasteiger partial charge in [-0.25, -0.2) is 4.39 Å². The monoisotopic (exact) mass is 317 g/mol. The number of halogens is 5. The summed E-state index contributed by atoms with van der Waals surface area (Å²) < 4.78 is 52.8. The van der Waals surface area contributed by atoms with Gasteiger partial charge in [0.05, 0.1) is 12.1 Å². The topological polar surface area (TPSA) is 55.5 Å². The molecule has 0 radical (unpaired) electrons. The van der Waals surface area contributed by atoms with Crippen molar-refractivity contribution in [3.63, 3.8) is 0 Å². The first kappa shape index (κ1) is 18.9. The smallest absolute Gasteiger partial charge is 0.403 e. The summed E-state index contributed by atoms with van der Waals surface area (Å²) >= 11 is 0. The largest absolute Gasteiger partial charge is 0.573 e. The van der Waals surface area contributed by atoms with E-state index in [4.69, 9.17) is 5.73 Å². The summed E-state index contributed by atoms with van der Waals surface area (Å²) in [6.07, 6.45) is -4.72. The number of hydrogen-bond acceptors (Lipinski definition) is 3. The molecule has 8 heteroatoms. The van der Waals surface area contributed by atoms with Crippen LogP contribution in [0.2, 0.25) is 0 Å². The van der Waals surface area contributed by atoms with Gasteiger partial charge in [-0.15, -0.1) is 25.6 Å². The Hall–Kier alpha value is -1.05. The molecule has 0 saturated heterocycles. The number of nitrogens with two attached hydrogens (primary N) is 1. The minimum absolute atomic E-state index is 0. The van der Waals surface area contributed by atoms with Crippen molar-refractivity contribution < 1.29 is 27.4 Å². The zero-order chi connectivity index (χ0) is 14.6. The van der Waals surface area contributed by atoms with Crippen LogP contribution < -0.4 is 10.5 Å². The molecule has 0 spiro atoms. The van der Waals surface area contributed by atoms with Crippen LogP contribution in [0.15, 0.2) is 18.2 Å². The van der Waals surface area contributed by atoms with Gasteiger partial charge in [0.2, 0.25) is 0 Å². The minimum atomic E-state index is -4.95. The lowest BCUT2D eigenvalue weighted by atomic mass is 9.99. The average molecular weight is 318 g/mol. The summed E-state index contributed by atoms with van der Waals surface area (Å²) in [5.41, 5.74) is 5.91. The molecule has 0 fully saturated rings. The van der Waals surface area contributed by atoms with Crippen molar-refractivity contribution in [3.05, 3.63) is 29.6 Å². The fourth-order valence-corrected chi connectivity index (χ4v) is 1.63. The molecule has 0 aliphatic heterocycles. The van der Waals surface area contributed by atoms with Gasteiger partial charge in [0, 0.05) is 0 Å². The molecule has 116 valence electrons. The molecule has 3 N–H and O–H groups in total. The molecular weight excluding hydrogens is 302 g/mol. The van der Waals surface area contributed by atoms with Crippen molar-refractivity contribution >= 4 is 12.4 Å². The lowest BCUT2D eigenvalue weighted by Crippen LogP contribution is -2.26. The Morgan fingerprint density at radius 3 is 2.40 bits per heavy atom. The van der Waals surface area contributed by atoms with Gasteiger partial charge >= 0.3 is 6.36 Å². The Bertz CT molecular complexity index is 428. The molecule has 2 atom stereocenters. The fourth-order valence-electron chi connectivity index (χ4n) is 1.63. The van der Waals surface area contributed by atoms with E-state index in [9.17, 15) is 22.7 Å². The van der Waals surface area contributed by atoms with Gasteiger partial charge in [0.1, 0.15) is 0 Å². The van der Waals surface area contributed by atoms with Gasteiger partial charge in [0.25, 0.3) is 0 Å². The van der Waals surface area contributed by atoms with Crippen LogP contribution in [0.4, 0.5) is 17.6 Å².